The molecule has 0 fully saturated rings. The third-order valence-corrected chi connectivity index (χ3v) is 4.12. The van der Waals surface area contributed by atoms with Crippen LogP contribution in [0.1, 0.15) is 20.8 Å². The van der Waals surface area contributed by atoms with Gasteiger partial charge in [0.15, 0.2) is 0 Å². The summed E-state index contributed by atoms with van der Waals surface area (Å²) in [5.41, 5.74) is 1.63. The van der Waals surface area contributed by atoms with Crippen LogP contribution in [-0.2, 0) is 0 Å². The summed E-state index contributed by atoms with van der Waals surface area (Å²) in [4.78, 5) is 32.4. The predicted molar refractivity (Wildman–Crippen MR) is 95.7 cm³/mol. The van der Waals surface area contributed by atoms with Crippen LogP contribution in [0.5, 0.6) is 0 Å². The van der Waals surface area contributed by atoms with E-state index >= 15 is 0 Å². The smallest absolute Gasteiger partial charge is 0.276 e. The van der Waals surface area contributed by atoms with Gasteiger partial charge in [0.25, 0.3) is 11.8 Å². The van der Waals surface area contributed by atoms with Gasteiger partial charge in [0, 0.05) is 11.1 Å². The van der Waals surface area contributed by atoms with Crippen molar-refractivity contribution in [3.63, 3.8) is 0 Å². The number of hydrogen-bond acceptors (Lipinski definition) is 4. The van der Waals surface area contributed by atoms with Gasteiger partial charge < -0.3 is 0 Å². The maximum atomic E-state index is 12.3. The second kappa shape index (κ2) is 7.42. The van der Waals surface area contributed by atoms with Crippen molar-refractivity contribution in [3.8, 4) is 11.3 Å². The van der Waals surface area contributed by atoms with Crippen LogP contribution < -0.4 is 5.32 Å². The summed E-state index contributed by atoms with van der Waals surface area (Å²) in [5.74, 6) is -1.11. The van der Waals surface area contributed by atoms with E-state index in [2.05, 4.69) is 15.3 Å². The predicted octanol–water partition coefficient (Wildman–Crippen LogP) is 4.02. The fraction of sp³-hybridized carbons (Fsp3) is 0. The van der Waals surface area contributed by atoms with Crippen molar-refractivity contribution < 1.29 is 9.59 Å². The van der Waals surface area contributed by atoms with Gasteiger partial charge in [-0.15, -0.1) is 0 Å². The Balaban J connectivity index is 1.82. The van der Waals surface area contributed by atoms with Crippen molar-refractivity contribution in [3.05, 3.63) is 82.2 Å². The van der Waals surface area contributed by atoms with Gasteiger partial charge in [-0.2, -0.15) is 0 Å². The number of benzene rings is 2. The van der Waals surface area contributed by atoms with E-state index in [0.717, 1.165) is 0 Å². The lowest BCUT2D eigenvalue weighted by Gasteiger charge is -2.06. The summed E-state index contributed by atoms with van der Waals surface area (Å²) in [6, 6.07) is 14.9. The Morgan fingerprint density at radius 1 is 0.840 bits per heavy atom. The highest BCUT2D eigenvalue weighted by atomic mass is 35.5. The van der Waals surface area contributed by atoms with Crippen LogP contribution in [0.4, 0.5) is 0 Å². The minimum Gasteiger partial charge on any atom is -0.287 e. The van der Waals surface area contributed by atoms with Gasteiger partial charge in [-0.3, -0.25) is 14.9 Å². The molecular weight excluding hydrogens is 361 g/mol. The van der Waals surface area contributed by atoms with Gasteiger partial charge in [0.2, 0.25) is 0 Å². The average Bonchev–Trinajstić information content (AvgIpc) is 2.64. The minimum atomic E-state index is -0.613. The number of hydrogen-bond donors (Lipinski definition) is 1. The van der Waals surface area contributed by atoms with Crippen LogP contribution in [0.3, 0.4) is 0 Å². The molecule has 2 aromatic carbocycles. The molecule has 0 aliphatic carbocycles. The molecule has 0 spiro atoms. The van der Waals surface area contributed by atoms with E-state index in [0.29, 0.717) is 26.9 Å². The summed E-state index contributed by atoms with van der Waals surface area (Å²) in [6.45, 7) is 0. The van der Waals surface area contributed by atoms with Crippen molar-refractivity contribution in [2.45, 2.75) is 0 Å². The van der Waals surface area contributed by atoms with Crippen LogP contribution in [0, 0.1) is 0 Å². The normalized spacial score (nSPS) is 10.3. The molecule has 0 radical (unpaired) electrons. The van der Waals surface area contributed by atoms with Crippen molar-refractivity contribution in [2.75, 3.05) is 0 Å². The van der Waals surface area contributed by atoms with Crippen LogP contribution in [-0.4, -0.2) is 21.8 Å². The van der Waals surface area contributed by atoms with Gasteiger partial charge in [-0.05, 0) is 30.3 Å². The van der Waals surface area contributed by atoms with E-state index in [9.17, 15) is 9.59 Å². The average molecular weight is 372 g/mol. The maximum absolute atomic E-state index is 12.3. The van der Waals surface area contributed by atoms with Gasteiger partial charge in [-0.25, -0.2) is 9.97 Å². The molecule has 0 saturated carbocycles. The van der Waals surface area contributed by atoms with E-state index in [-0.39, 0.29) is 5.69 Å². The Labute approximate surface area is 153 Å². The fourth-order valence-electron chi connectivity index (χ4n) is 2.12. The quantitative estimate of drug-likeness (QED) is 0.705. The molecule has 0 atom stereocenters. The van der Waals surface area contributed by atoms with Crippen LogP contribution in [0.25, 0.3) is 11.3 Å². The maximum Gasteiger partial charge on any atom is 0.276 e. The number of carbonyl (C=O) groups is 2. The lowest BCUT2D eigenvalue weighted by Crippen LogP contribution is -2.31. The van der Waals surface area contributed by atoms with Gasteiger partial charge in [0.1, 0.15) is 12.0 Å². The first kappa shape index (κ1) is 17.1. The minimum absolute atomic E-state index is 0.0698. The van der Waals surface area contributed by atoms with E-state index in [1.165, 1.54) is 12.4 Å². The molecule has 0 bridgehead atoms. The van der Waals surface area contributed by atoms with Crippen molar-refractivity contribution >= 4 is 35.0 Å². The van der Waals surface area contributed by atoms with E-state index in [4.69, 9.17) is 23.2 Å². The number of rotatable bonds is 3. The van der Waals surface area contributed by atoms with Crippen molar-refractivity contribution in [1.82, 2.24) is 15.3 Å². The largest absolute Gasteiger partial charge is 0.287 e. The third-order valence-electron chi connectivity index (χ3n) is 3.38. The molecule has 0 aliphatic heterocycles. The standard InChI is InChI=1S/C18H11Cl2N3O2/c19-13-7-6-12(8-14(13)20)15-9-16(22-10-21-15)18(25)23-17(24)11-4-2-1-3-5-11/h1-10H,(H,23,24,25). The second-order valence-electron chi connectivity index (χ2n) is 5.07. The van der Waals surface area contributed by atoms with E-state index in [1.807, 2.05) is 0 Å². The molecule has 7 heteroatoms. The highest BCUT2D eigenvalue weighted by Gasteiger charge is 2.14. The monoisotopic (exact) mass is 371 g/mol. The number of halogens is 2. The van der Waals surface area contributed by atoms with Gasteiger partial charge in [-0.1, -0.05) is 47.5 Å². The molecule has 3 aromatic rings. The van der Waals surface area contributed by atoms with E-state index in [1.54, 1.807) is 48.5 Å². The number of imide groups is 1. The topological polar surface area (TPSA) is 72.0 Å². The number of aromatic nitrogens is 2. The highest BCUT2D eigenvalue weighted by Crippen LogP contribution is 2.27. The molecule has 5 nitrogen and oxygen atoms in total. The Kier molecular flexibility index (Phi) is 5.07. The van der Waals surface area contributed by atoms with Crippen molar-refractivity contribution in [2.24, 2.45) is 0 Å². The first-order chi connectivity index (χ1) is 12.0. The Morgan fingerprint density at radius 3 is 2.32 bits per heavy atom. The molecule has 3 rings (SSSR count). The number of carbonyl (C=O) groups excluding carboxylic acids is 2. The summed E-state index contributed by atoms with van der Waals surface area (Å²) in [5, 5.41) is 3.10. The molecule has 1 N–H and O–H groups in total. The molecule has 1 heterocycles. The zero-order chi connectivity index (χ0) is 17.8. The number of nitrogens with one attached hydrogen (secondary N) is 1. The summed E-state index contributed by atoms with van der Waals surface area (Å²) in [7, 11) is 0. The summed E-state index contributed by atoms with van der Waals surface area (Å²) < 4.78 is 0. The lowest BCUT2D eigenvalue weighted by molar-refractivity contribution is 0.0846. The summed E-state index contributed by atoms with van der Waals surface area (Å²) in [6.07, 6.45) is 1.25. The van der Waals surface area contributed by atoms with Crippen LogP contribution in [0.2, 0.25) is 10.0 Å². The molecule has 0 saturated heterocycles. The first-order valence-electron chi connectivity index (χ1n) is 7.23. The van der Waals surface area contributed by atoms with E-state index < -0.39 is 11.8 Å². The van der Waals surface area contributed by atoms with Crippen LogP contribution >= 0.6 is 23.2 Å². The molecule has 25 heavy (non-hydrogen) atoms. The second-order valence-corrected chi connectivity index (χ2v) is 5.88. The van der Waals surface area contributed by atoms with Gasteiger partial charge in [0.05, 0.1) is 15.7 Å². The molecule has 1 aromatic heterocycles. The Hall–Kier alpha value is -2.76. The highest BCUT2D eigenvalue weighted by molar-refractivity contribution is 6.42. The first-order valence-corrected chi connectivity index (χ1v) is 7.98. The Bertz CT molecular complexity index is 946. The van der Waals surface area contributed by atoms with Gasteiger partial charge >= 0.3 is 0 Å². The molecule has 0 unspecified atom stereocenters. The SMILES string of the molecule is O=C(NC(=O)c1cc(-c2ccc(Cl)c(Cl)c2)ncn1)c1ccccc1. The molecule has 124 valence electrons. The Morgan fingerprint density at radius 2 is 1.60 bits per heavy atom. The number of nitrogens with zero attached hydrogens (tertiary/aromatic N) is 2. The van der Waals surface area contributed by atoms with Crippen molar-refractivity contribution in [1.29, 1.82) is 0 Å². The molecule has 2 amide bonds. The number of amides is 2. The molecular formula is C18H11Cl2N3O2. The fourth-order valence-corrected chi connectivity index (χ4v) is 2.42. The third kappa shape index (κ3) is 4.02. The summed E-state index contributed by atoms with van der Waals surface area (Å²) >= 11 is 11.9. The zero-order valence-corrected chi connectivity index (χ0v) is 14.3. The lowest BCUT2D eigenvalue weighted by atomic mass is 10.1. The zero-order valence-electron chi connectivity index (χ0n) is 12.7. The van der Waals surface area contributed by atoms with Crippen LogP contribution in [0.15, 0.2) is 60.9 Å². The molecule has 0 aliphatic rings.